The van der Waals surface area contributed by atoms with Gasteiger partial charge in [-0.15, -0.1) is 0 Å². The minimum absolute atomic E-state index is 0.0117. The molecule has 0 bridgehead atoms. The minimum Gasteiger partial charge on any atom is -0.481 e. The molecule has 2 aromatic rings. The van der Waals surface area contributed by atoms with Crippen LogP contribution >= 0.6 is 0 Å². The standard InChI is InChI=1S/C26H30N2O6/c1-2-7-23(24(30)28-13-16(25(31)32)12-17(29)14-28)27-26(33)34-15-22-20-10-5-3-8-18(20)19-9-4-6-11-21(19)22/h3-6,8-11,16-17,22-23,29H,2,7,12-15H2,1H3,(H,27,33)(H,31,32)/t16?,17?,23-/m0/s1. The summed E-state index contributed by atoms with van der Waals surface area (Å²) in [6.45, 7) is 2.09. The number of nitrogens with one attached hydrogen (secondary N) is 1. The van der Waals surface area contributed by atoms with Gasteiger partial charge in [0.05, 0.1) is 12.0 Å². The molecular weight excluding hydrogens is 436 g/mol. The topological polar surface area (TPSA) is 116 Å². The Balaban J connectivity index is 1.41. The van der Waals surface area contributed by atoms with Gasteiger partial charge in [-0.1, -0.05) is 61.9 Å². The van der Waals surface area contributed by atoms with E-state index in [-0.39, 0.29) is 32.0 Å². The van der Waals surface area contributed by atoms with Crippen molar-refractivity contribution in [3.8, 4) is 11.1 Å². The maximum atomic E-state index is 13.1. The van der Waals surface area contributed by atoms with Gasteiger partial charge < -0.3 is 25.2 Å². The number of aliphatic hydroxyl groups excluding tert-OH is 1. The molecule has 2 aliphatic rings. The summed E-state index contributed by atoms with van der Waals surface area (Å²) in [6, 6.07) is 15.2. The Morgan fingerprint density at radius 2 is 1.68 bits per heavy atom. The molecule has 4 rings (SSSR count). The number of benzene rings is 2. The number of rotatable bonds is 7. The van der Waals surface area contributed by atoms with E-state index in [0.29, 0.717) is 12.8 Å². The summed E-state index contributed by atoms with van der Waals surface area (Å²) < 4.78 is 5.57. The lowest BCUT2D eigenvalue weighted by Crippen LogP contribution is -2.55. The number of carbonyl (C=O) groups excluding carboxylic acids is 2. The fourth-order valence-corrected chi connectivity index (χ4v) is 4.98. The first-order chi connectivity index (χ1) is 16.4. The lowest BCUT2D eigenvalue weighted by molar-refractivity contribution is -0.149. The Labute approximate surface area is 198 Å². The molecule has 0 aromatic heterocycles. The predicted molar refractivity (Wildman–Crippen MR) is 125 cm³/mol. The number of hydrogen-bond acceptors (Lipinski definition) is 5. The molecule has 3 N–H and O–H groups in total. The number of alkyl carbamates (subject to hydrolysis) is 1. The van der Waals surface area contributed by atoms with Gasteiger partial charge in [0.15, 0.2) is 0 Å². The lowest BCUT2D eigenvalue weighted by atomic mass is 9.95. The van der Waals surface area contributed by atoms with Crippen LogP contribution in [0.1, 0.15) is 43.2 Å². The highest BCUT2D eigenvalue weighted by Gasteiger charge is 2.36. The SMILES string of the molecule is CCC[C@H](NC(=O)OCC1c2ccccc2-c2ccccc21)C(=O)N1CC(O)CC(C(=O)O)C1. The van der Waals surface area contributed by atoms with Crippen LogP contribution in [0.2, 0.25) is 0 Å². The van der Waals surface area contributed by atoms with Crippen LogP contribution in [0.15, 0.2) is 48.5 Å². The van der Waals surface area contributed by atoms with Crippen LogP contribution in [0.25, 0.3) is 11.1 Å². The number of likely N-dealkylation sites (tertiary alicyclic amines) is 1. The molecule has 8 nitrogen and oxygen atoms in total. The van der Waals surface area contributed by atoms with Crippen molar-refractivity contribution < 1.29 is 29.3 Å². The molecule has 180 valence electrons. The molecule has 1 fully saturated rings. The average molecular weight is 467 g/mol. The van der Waals surface area contributed by atoms with Crippen LogP contribution in [0, 0.1) is 5.92 Å². The van der Waals surface area contributed by atoms with Crippen molar-refractivity contribution in [3.63, 3.8) is 0 Å². The van der Waals surface area contributed by atoms with Crippen LogP contribution in [-0.4, -0.2) is 64.9 Å². The number of amides is 2. The zero-order valence-corrected chi connectivity index (χ0v) is 19.1. The molecule has 2 aromatic carbocycles. The summed E-state index contributed by atoms with van der Waals surface area (Å²) in [5.74, 6) is -2.37. The van der Waals surface area contributed by atoms with Crippen LogP contribution in [0.4, 0.5) is 4.79 Å². The molecule has 2 amide bonds. The first-order valence-corrected chi connectivity index (χ1v) is 11.7. The number of aliphatic carboxylic acids is 1. The number of carbonyl (C=O) groups is 3. The minimum atomic E-state index is -1.05. The van der Waals surface area contributed by atoms with E-state index in [4.69, 9.17) is 4.74 Å². The lowest BCUT2D eigenvalue weighted by Gasteiger charge is -2.36. The fraction of sp³-hybridized carbons (Fsp3) is 0.423. The van der Waals surface area contributed by atoms with E-state index < -0.39 is 36.0 Å². The highest BCUT2D eigenvalue weighted by molar-refractivity contribution is 5.86. The number of ether oxygens (including phenoxy) is 1. The van der Waals surface area contributed by atoms with Crippen molar-refractivity contribution in [2.24, 2.45) is 5.92 Å². The summed E-state index contributed by atoms with van der Waals surface area (Å²) in [7, 11) is 0. The molecule has 1 saturated heterocycles. The smallest absolute Gasteiger partial charge is 0.407 e. The van der Waals surface area contributed by atoms with Crippen LogP contribution < -0.4 is 5.32 Å². The number of carboxylic acids is 1. The van der Waals surface area contributed by atoms with Crippen molar-refractivity contribution in [2.75, 3.05) is 19.7 Å². The second kappa shape index (κ2) is 10.3. The van der Waals surface area contributed by atoms with Gasteiger partial charge in [-0.25, -0.2) is 4.79 Å². The Kier molecular flexibility index (Phi) is 7.17. The van der Waals surface area contributed by atoms with E-state index in [1.54, 1.807) is 0 Å². The van der Waals surface area contributed by atoms with Gasteiger partial charge in [0.2, 0.25) is 5.91 Å². The maximum Gasteiger partial charge on any atom is 0.407 e. The molecule has 3 atom stereocenters. The van der Waals surface area contributed by atoms with Crippen LogP contribution in [0.5, 0.6) is 0 Å². The number of β-amino-alcohol motifs (C(OH)–C–C–N with tert-alkyl or cyclic N) is 1. The first-order valence-electron chi connectivity index (χ1n) is 11.7. The molecule has 1 aliphatic heterocycles. The third-order valence-electron chi connectivity index (χ3n) is 6.60. The van der Waals surface area contributed by atoms with Gasteiger partial charge in [0, 0.05) is 19.0 Å². The van der Waals surface area contributed by atoms with Crippen molar-refractivity contribution in [2.45, 2.75) is 44.2 Å². The summed E-state index contributed by atoms with van der Waals surface area (Å²) in [5.41, 5.74) is 4.45. The molecule has 34 heavy (non-hydrogen) atoms. The van der Waals surface area contributed by atoms with Gasteiger partial charge in [-0.05, 0) is 35.1 Å². The van der Waals surface area contributed by atoms with Gasteiger partial charge in [-0.2, -0.15) is 0 Å². The van der Waals surface area contributed by atoms with Crippen molar-refractivity contribution in [1.29, 1.82) is 0 Å². The largest absolute Gasteiger partial charge is 0.481 e. The number of hydrogen-bond donors (Lipinski definition) is 3. The Morgan fingerprint density at radius 3 is 2.26 bits per heavy atom. The molecule has 0 spiro atoms. The van der Waals surface area contributed by atoms with Gasteiger partial charge in [0.1, 0.15) is 12.6 Å². The van der Waals surface area contributed by atoms with E-state index in [1.807, 2.05) is 43.3 Å². The van der Waals surface area contributed by atoms with Crippen LogP contribution in [-0.2, 0) is 14.3 Å². The van der Waals surface area contributed by atoms with Gasteiger partial charge >= 0.3 is 12.1 Å². The van der Waals surface area contributed by atoms with Crippen molar-refractivity contribution in [1.82, 2.24) is 10.2 Å². The van der Waals surface area contributed by atoms with E-state index in [2.05, 4.69) is 17.4 Å². The summed E-state index contributed by atoms with van der Waals surface area (Å²) >= 11 is 0. The first kappa shape index (κ1) is 23.8. The third-order valence-corrected chi connectivity index (χ3v) is 6.60. The highest BCUT2D eigenvalue weighted by Crippen LogP contribution is 2.44. The van der Waals surface area contributed by atoms with E-state index >= 15 is 0 Å². The molecule has 0 saturated carbocycles. The van der Waals surface area contributed by atoms with Crippen molar-refractivity contribution >= 4 is 18.0 Å². The second-order valence-corrected chi connectivity index (χ2v) is 8.98. The van der Waals surface area contributed by atoms with Gasteiger partial charge in [-0.3, -0.25) is 9.59 Å². The zero-order chi connectivity index (χ0) is 24.2. The quantitative estimate of drug-likeness (QED) is 0.578. The molecule has 1 aliphatic carbocycles. The Hall–Kier alpha value is -3.39. The normalized spacial score (nSPS) is 20.2. The Morgan fingerprint density at radius 1 is 1.06 bits per heavy atom. The number of piperidine rings is 1. The number of aliphatic hydroxyl groups is 1. The molecule has 0 radical (unpaired) electrons. The maximum absolute atomic E-state index is 13.1. The number of carboxylic acid groups (broad SMARTS) is 1. The molecule has 8 heteroatoms. The molecule has 2 unspecified atom stereocenters. The van der Waals surface area contributed by atoms with E-state index in [9.17, 15) is 24.6 Å². The van der Waals surface area contributed by atoms with Crippen LogP contribution in [0.3, 0.4) is 0 Å². The summed E-state index contributed by atoms with van der Waals surface area (Å²) in [4.78, 5) is 38.5. The molecular formula is C26H30N2O6. The van der Waals surface area contributed by atoms with E-state index in [0.717, 1.165) is 22.3 Å². The van der Waals surface area contributed by atoms with E-state index in [1.165, 1.54) is 4.90 Å². The zero-order valence-electron chi connectivity index (χ0n) is 19.1. The monoisotopic (exact) mass is 466 g/mol. The third kappa shape index (κ3) is 4.92. The highest BCUT2D eigenvalue weighted by atomic mass is 16.5. The van der Waals surface area contributed by atoms with Gasteiger partial charge in [0.25, 0.3) is 0 Å². The van der Waals surface area contributed by atoms with Crippen molar-refractivity contribution in [3.05, 3.63) is 59.7 Å². The second-order valence-electron chi connectivity index (χ2n) is 8.98. The fourth-order valence-electron chi connectivity index (χ4n) is 4.98. The number of nitrogens with zero attached hydrogens (tertiary/aromatic N) is 1. The predicted octanol–water partition coefficient (Wildman–Crippen LogP) is 2.99. The molecule has 1 heterocycles. The summed E-state index contributed by atoms with van der Waals surface area (Å²) in [5, 5.41) is 22.0. The Bertz CT molecular complexity index is 1030. The summed E-state index contributed by atoms with van der Waals surface area (Å²) in [6.07, 6.45) is -0.472. The number of fused-ring (bicyclic) bond motifs is 3. The average Bonchev–Trinajstić information content (AvgIpc) is 3.15.